The molecular weight excluding hydrogens is 368 g/mol. The van der Waals surface area contributed by atoms with E-state index in [9.17, 15) is 9.90 Å². The van der Waals surface area contributed by atoms with Gasteiger partial charge in [-0.25, -0.2) is 9.97 Å². The maximum Gasteiger partial charge on any atom is 0.254 e. The number of piperidine rings is 1. The number of aliphatic hydroxyl groups is 1. The molecule has 1 aromatic heterocycles. The molecule has 2 fully saturated rings. The van der Waals surface area contributed by atoms with Gasteiger partial charge in [0.1, 0.15) is 11.9 Å². The van der Waals surface area contributed by atoms with Crippen molar-refractivity contribution in [3.8, 4) is 0 Å². The van der Waals surface area contributed by atoms with E-state index in [4.69, 9.17) is 4.74 Å². The van der Waals surface area contributed by atoms with Gasteiger partial charge in [-0.2, -0.15) is 0 Å². The first-order chi connectivity index (χ1) is 13.8. The average Bonchev–Trinajstić information content (AvgIpc) is 2.71. The number of likely N-dealkylation sites (tertiary alicyclic amines) is 1. The van der Waals surface area contributed by atoms with Crippen molar-refractivity contribution in [1.82, 2.24) is 20.2 Å². The summed E-state index contributed by atoms with van der Waals surface area (Å²) in [6.45, 7) is 11.3. The molecule has 0 bridgehead atoms. The van der Waals surface area contributed by atoms with E-state index in [1.807, 2.05) is 13.8 Å². The van der Waals surface area contributed by atoms with Crippen molar-refractivity contribution < 1.29 is 14.6 Å². The minimum absolute atomic E-state index is 0.257. The molecule has 2 atom stereocenters. The number of hydrogen-bond donors (Lipinski definition) is 2. The number of aryl methyl sites for hydroxylation is 1. The van der Waals surface area contributed by atoms with E-state index >= 15 is 0 Å². The third kappa shape index (κ3) is 4.85. The van der Waals surface area contributed by atoms with Crippen LogP contribution in [0.2, 0.25) is 0 Å². The van der Waals surface area contributed by atoms with Crippen molar-refractivity contribution >= 4 is 5.91 Å². The highest BCUT2D eigenvalue weighted by atomic mass is 16.5. The number of hydrogen-bond acceptors (Lipinski definition) is 6. The van der Waals surface area contributed by atoms with E-state index in [-0.39, 0.29) is 5.91 Å². The van der Waals surface area contributed by atoms with Crippen molar-refractivity contribution in [2.45, 2.75) is 70.6 Å². The van der Waals surface area contributed by atoms with Gasteiger partial charge < -0.3 is 15.2 Å². The van der Waals surface area contributed by atoms with E-state index < -0.39 is 17.2 Å². The molecule has 2 saturated heterocycles. The summed E-state index contributed by atoms with van der Waals surface area (Å²) < 4.78 is 6.14. The maximum atomic E-state index is 12.8. The molecule has 0 saturated carbocycles. The lowest BCUT2D eigenvalue weighted by molar-refractivity contribution is -0.205. The van der Waals surface area contributed by atoms with Crippen LogP contribution in [-0.2, 0) is 11.2 Å². The van der Waals surface area contributed by atoms with E-state index in [1.54, 1.807) is 12.4 Å². The number of carbonyl (C=O) groups excluding carboxylic acids is 1. The Bertz CT molecular complexity index is 737. The second-order valence-electron chi connectivity index (χ2n) is 8.76. The predicted octanol–water partition coefficient (Wildman–Crippen LogP) is 2.11. The summed E-state index contributed by atoms with van der Waals surface area (Å²) in [5.41, 5.74) is 0.365. The van der Waals surface area contributed by atoms with Gasteiger partial charge in [-0.05, 0) is 40.0 Å². The Balaban J connectivity index is 1.67. The van der Waals surface area contributed by atoms with Gasteiger partial charge >= 0.3 is 0 Å². The topological polar surface area (TPSA) is 87.6 Å². The quantitative estimate of drug-likeness (QED) is 0.734. The molecule has 0 aromatic carbocycles. The van der Waals surface area contributed by atoms with E-state index in [2.05, 4.69) is 40.1 Å². The number of carbonyl (C=O) groups is 1. The number of ether oxygens (including phenoxy) is 1. The Hall–Kier alpha value is -1.83. The van der Waals surface area contributed by atoms with Crippen LogP contribution in [-0.4, -0.2) is 69.4 Å². The van der Waals surface area contributed by atoms with Crippen LogP contribution in [0.3, 0.4) is 0 Å². The molecule has 1 aromatic rings. The van der Waals surface area contributed by atoms with Crippen LogP contribution >= 0.6 is 0 Å². The lowest BCUT2D eigenvalue weighted by Gasteiger charge is -2.53. The van der Waals surface area contributed by atoms with Crippen molar-refractivity contribution in [3.63, 3.8) is 0 Å². The molecule has 0 aliphatic carbocycles. The molecule has 1 amide bonds. The Kier molecular flexibility index (Phi) is 6.71. The molecule has 2 aliphatic heterocycles. The van der Waals surface area contributed by atoms with Gasteiger partial charge in [0.25, 0.3) is 5.91 Å². The molecule has 3 rings (SSSR count). The lowest BCUT2D eigenvalue weighted by atomic mass is 9.73. The number of amides is 1. The minimum Gasteiger partial charge on any atom is -0.388 e. The fraction of sp³-hybridized carbons (Fsp3) is 0.682. The summed E-state index contributed by atoms with van der Waals surface area (Å²) in [5.74, 6) is 0.449. The van der Waals surface area contributed by atoms with Gasteiger partial charge in [0, 0.05) is 45.1 Å². The second-order valence-corrected chi connectivity index (χ2v) is 8.76. The first-order valence-electron chi connectivity index (χ1n) is 10.6. The molecule has 2 aliphatic rings. The van der Waals surface area contributed by atoms with Crippen molar-refractivity contribution in [2.24, 2.45) is 0 Å². The fourth-order valence-electron chi connectivity index (χ4n) is 4.22. The SMILES string of the molecule is CCc1ncc(C(=O)N[C@@]2(C)CCOC3(CCN(CC=C(C)C)CC3)[C@@H]2O)cn1. The molecule has 1 spiro atoms. The summed E-state index contributed by atoms with van der Waals surface area (Å²) in [6.07, 6.45) is 7.36. The molecule has 2 N–H and O–H groups in total. The highest BCUT2D eigenvalue weighted by molar-refractivity contribution is 5.94. The zero-order valence-corrected chi connectivity index (χ0v) is 18.1. The smallest absolute Gasteiger partial charge is 0.254 e. The highest BCUT2D eigenvalue weighted by Gasteiger charge is 2.53. The number of nitrogens with zero attached hydrogens (tertiary/aromatic N) is 3. The largest absolute Gasteiger partial charge is 0.388 e. The first-order valence-corrected chi connectivity index (χ1v) is 10.6. The zero-order valence-electron chi connectivity index (χ0n) is 18.1. The summed E-state index contributed by atoms with van der Waals surface area (Å²) in [7, 11) is 0. The molecule has 0 radical (unpaired) electrons. The Morgan fingerprint density at radius 2 is 1.97 bits per heavy atom. The Labute approximate surface area is 173 Å². The fourth-order valence-corrected chi connectivity index (χ4v) is 4.22. The van der Waals surface area contributed by atoms with E-state index in [0.717, 1.165) is 38.9 Å². The van der Waals surface area contributed by atoms with Crippen LogP contribution in [0.5, 0.6) is 0 Å². The highest BCUT2D eigenvalue weighted by Crippen LogP contribution is 2.40. The zero-order chi connectivity index (χ0) is 21.1. The van der Waals surface area contributed by atoms with Crippen LogP contribution in [0.1, 0.15) is 63.1 Å². The van der Waals surface area contributed by atoms with Gasteiger partial charge in [-0.15, -0.1) is 0 Å². The van der Waals surface area contributed by atoms with E-state index in [0.29, 0.717) is 24.4 Å². The second kappa shape index (κ2) is 8.90. The number of aliphatic hydroxyl groups excluding tert-OH is 1. The lowest BCUT2D eigenvalue weighted by Crippen LogP contribution is -2.69. The number of nitrogens with one attached hydrogen (secondary N) is 1. The Morgan fingerprint density at radius 1 is 1.31 bits per heavy atom. The minimum atomic E-state index is -0.769. The van der Waals surface area contributed by atoms with Crippen molar-refractivity contribution in [1.29, 1.82) is 0 Å². The van der Waals surface area contributed by atoms with Crippen LogP contribution < -0.4 is 5.32 Å². The van der Waals surface area contributed by atoms with Gasteiger partial charge in [0.15, 0.2) is 0 Å². The third-order valence-electron chi connectivity index (χ3n) is 6.26. The molecule has 0 unspecified atom stereocenters. The molecule has 29 heavy (non-hydrogen) atoms. The average molecular weight is 403 g/mol. The van der Waals surface area contributed by atoms with Crippen molar-refractivity contribution in [2.75, 3.05) is 26.2 Å². The van der Waals surface area contributed by atoms with Gasteiger partial charge in [-0.1, -0.05) is 18.6 Å². The summed E-state index contributed by atoms with van der Waals surface area (Å²) in [4.78, 5) is 23.6. The van der Waals surface area contributed by atoms with Gasteiger partial charge in [0.2, 0.25) is 0 Å². The van der Waals surface area contributed by atoms with E-state index in [1.165, 1.54) is 5.57 Å². The maximum absolute atomic E-state index is 12.8. The molecular formula is C22H34N4O3. The normalized spacial score (nSPS) is 26.9. The van der Waals surface area contributed by atoms with Crippen molar-refractivity contribution in [3.05, 3.63) is 35.4 Å². The predicted molar refractivity (Wildman–Crippen MR) is 112 cm³/mol. The van der Waals surface area contributed by atoms with Crippen LogP contribution in [0.25, 0.3) is 0 Å². The summed E-state index contributed by atoms with van der Waals surface area (Å²) in [5, 5.41) is 14.3. The van der Waals surface area contributed by atoms with Crippen LogP contribution in [0.15, 0.2) is 24.0 Å². The summed E-state index contributed by atoms with van der Waals surface area (Å²) >= 11 is 0. The van der Waals surface area contributed by atoms with Gasteiger partial charge in [-0.3, -0.25) is 9.69 Å². The summed E-state index contributed by atoms with van der Waals surface area (Å²) in [6, 6.07) is 0. The number of aromatic nitrogens is 2. The monoisotopic (exact) mass is 402 g/mol. The number of allylic oxidation sites excluding steroid dienone is 1. The molecule has 7 nitrogen and oxygen atoms in total. The van der Waals surface area contributed by atoms with Gasteiger partial charge in [0.05, 0.1) is 16.7 Å². The Morgan fingerprint density at radius 3 is 2.55 bits per heavy atom. The van der Waals surface area contributed by atoms with Crippen LogP contribution in [0, 0.1) is 0 Å². The van der Waals surface area contributed by atoms with Crippen LogP contribution in [0.4, 0.5) is 0 Å². The third-order valence-corrected chi connectivity index (χ3v) is 6.26. The molecule has 7 heteroatoms. The first kappa shape index (κ1) is 21.9. The molecule has 160 valence electrons. The standard InChI is InChI=1S/C22H34N4O3/c1-5-18-23-14-17(15-24-18)19(27)25-21(4)9-13-29-22(20(21)28)7-11-26(12-8-22)10-6-16(2)3/h6,14-15,20,28H,5,7-13H2,1-4H3,(H,25,27)/t20-,21+/m1/s1. The molecule has 3 heterocycles. The number of rotatable bonds is 5.